The molecule has 0 radical (unpaired) electrons. The number of ketones is 2. The van der Waals surface area contributed by atoms with Crippen LogP contribution in [0.25, 0.3) is 11.1 Å². The molecular weight excluding hydrogens is 393 g/mol. The van der Waals surface area contributed by atoms with Crippen LogP contribution in [0.15, 0.2) is 30.3 Å². The van der Waals surface area contributed by atoms with Crippen LogP contribution in [0.3, 0.4) is 0 Å². The van der Waals surface area contributed by atoms with Gasteiger partial charge in [-0.3, -0.25) is 9.59 Å². The van der Waals surface area contributed by atoms with Gasteiger partial charge in [0.1, 0.15) is 16.2 Å². The Morgan fingerprint density at radius 3 is 2.29 bits per heavy atom. The van der Waals surface area contributed by atoms with E-state index in [-0.39, 0.29) is 23.4 Å². The molecule has 3 nitrogen and oxygen atoms in total. The van der Waals surface area contributed by atoms with E-state index in [9.17, 15) is 9.59 Å². The fraction of sp³-hybridized carbons (Fsp3) is 0.435. The molecule has 5 heteroatoms. The Hall–Kier alpha value is -1.71. The third-order valence-corrected chi connectivity index (χ3v) is 7.60. The highest BCUT2D eigenvalue weighted by Crippen LogP contribution is 2.59. The summed E-state index contributed by atoms with van der Waals surface area (Å²) in [6, 6.07) is 9.49. The summed E-state index contributed by atoms with van der Waals surface area (Å²) in [5.41, 5.74) is 3.53. The van der Waals surface area contributed by atoms with E-state index in [1.54, 1.807) is 6.07 Å². The molecule has 144 valence electrons. The van der Waals surface area contributed by atoms with Crippen molar-refractivity contribution in [2.75, 3.05) is 0 Å². The van der Waals surface area contributed by atoms with Crippen molar-refractivity contribution in [2.24, 2.45) is 23.7 Å². The molecule has 5 rings (SSSR count). The van der Waals surface area contributed by atoms with Gasteiger partial charge in [0.15, 0.2) is 11.6 Å². The molecule has 3 saturated carbocycles. The minimum atomic E-state index is -0.618. The maximum atomic E-state index is 13.3. The molecule has 3 aliphatic rings. The van der Waals surface area contributed by atoms with Crippen LogP contribution < -0.4 is 0 Å². The molecule has 4 unspecified atom stereocenters. The minimum Gasteiger partial charge on any atom is -0.298 e. The Balaban J connectivity index is 1.60. The molecule has 3 aliphatic carbocycles. The number of benzene rings is 1. The molecule has 0 aliphatic heterocycles. The number of carbonyl (C=O) groups excluding carboxylic acids is 2. The molecule has 4 atom stereocenters. The lowest BCUT2D eigenvalue weighted by Crippen LogP contribution is -2.24. The number of fused-ring (bicyclic) bond motifs is 5. The predicted molar refractivity (Wildman–Crippen MR) is 110 cm³/mol. The van der Waals surface area contributed by atoms with Gasteiger partial charge in [-0.1, -0.05) is 42.3 Å². The van der Waals surface area contributed by atoms with E-state index in [4.69, 9.17) is 23.2 Å². The normalized spacial score (nSPS) is 30.9. The van der Waals surface area contributed by atoms with Crippen LogP contribution in [0.4, 0.5) is 0 Å². The third-order valence-electron chi connectivity index (χ3n) is 7.11. The number of aryl methyl sites for hydroxylation is 1. The highest BCUT2D eigenvalue weighted by atomic mass is 35.5. The summed E-state index contributed by atoms with van der Waals surface area (Å²) >= 11 is 12.2. The fourth-order valence-electron chi connectivity index (χ4n) is 5.92. The van der Waals surface area contributed by atoms with Crippen LogP contribution in [0.2, 0.25) is 10.3 Å². The largest absolute Gasteiger partial charge is 0.298 e. The van der Waals surface area contributed by atoms with Crippen molar-refractivity contribution in [1.82, 2.24) is 4.98 Å². The maximum Gasteiger partial charge on any atom is 0.151 e. The van der Waals surface area contributed by atoms with Gasteiger partial charge in [0, 0.05) is 17.4 Å². The van der Waals surface area contributed by atoms with Crippen LogP contribution in [-0.4, -0.2) is 16.6 Å². The molecule has 28 heavy (non-hydrogen) atoms. The first-order valence-corrected chi connectivity index (χ1v) is 10.8. The van der Waals surface area contributed by atoms with E-state index in [2.05, 4.69) is 11.9 Å². The highest BCUT2D eigenvalue weighted by Gasteiger charge is 2.61. The quantitative estimate of drug-likeness (QED) is 0.491. The average Bonchev–Trinajstić information content (AvgIpc) is 3.35. The minimum absolute atomic E-state index is 0.0506. The Labute approximate surface area is 174 Å². The standard InChI is InChI=1S/C23H21Cl2NO2/c1-2-11-3-4-12(15-7-8-17(24)26-23(15)25)10-16(11)20-21(27)18-13-5-6-14(9-13)19(18)22(20)28/h3-4,7-8,10,13-14,18-20H,2,5-6,9H2,1H3. The summed E-state index contributed by atoms with van der Waals surface area (Å²) in [7, 11) is 0. The third kappa shape index (κ3) is 2.59. The fourth-order valence-corrected chi connectivity index (χ4v) is 6.38. The molecular formula is C23H21Cl2NO2. The first kappa shape index (κ1) is 18.3. The molecule has 3 fully saturated rings. The smallest absolute Gasteiger partial charge is 0.151 e. The number of pyridine rings is 1. The number of nitrogens with zero attached hydrogens (tertiary/aromatic N) is 1. The lowest BCUT2D eigenvalue weighted by atomic mass is 9.81. The van der Waals surface area contributed by atoms with Crippen molar-refractivity contribution in [3.63, 3.8) is 0 Å². The second-order valence-corrected chi connectivity index (χ2v) is 9.11. The van der Waals surface area contributed by atoms with Crippen LogP contribution in [-0.2, 0) is 16.0 Å². The second kappa shape index (κ2) is 6.67. The topological polar surface area (TPSA) is 47.0 Å². The summed E-state index contributed by atoms with van der Waals surface area (Å²) in [4.78, 5) is 30.8. The van der Waals surface area contributed by atoms with Gasteiger partial charge in [0.25, 0.3) is 0 Å². The molecule has 0 N–H and O–H groups in total. The lowest BCUT2D eigenvalue weighted by molar-refractivity contribution is -0.125. The molecule has 1 aromatic carbocycles. The SMILES string of the molecule is CCc1ccc(-c2ccc(Cl)nc2Cl)cc1C1C(=O)C2C3CCC(C3)C2C1=O. The monoisotopic (exact) mass is 413 g/mol. The highest BCUT2D eigenvalue weighted by molar-refractivity contribution is 6.34. The number of carbonyl (C=O) groups is 2. The Morgan fingerprint density at radius 1 is 1.00 bits per heavy atom. The van der Waals surface area contributed by atoms with Gasteiger partial charge >= 0.3 is 0 Å². The number of halogens is 2. The van der Waals surface area contributed by atoms with Gasteiger partial charge in [0.2, 0.25) is 0 Å². The predicted octanol–water partition coefficient (Wildman–Crippen LogP) is 5.52. The Bertz CT molecular complexity index is 974. The van der Waals surface area contributed by atoms with E-state index >= 15 is 0 Å². The molecule has 0 amide bonds. The number of rotatable bonds is 3. The second-order valence-electron chi connectivity index (χ2n) is 8.36. The van der Waals surface area contributed by atoms with Crippen molar-refractivity contribution < 1.29 is 9.59 Å². The van der Waals surface area contributed by atoms with Gasteiger partial charge in [-0.15, -0.1) is 0 Å². The first-order valence-electron chi connectivity index (χ1n) is 10.0. The van der Waals surface area contributed by atoms with Crippen molar-refractivity contribution in [3.05, 3.63) is 51.8 Å². The number of aromatic nitrogens is 1. The summed E-state index contributed by atoms with van der Waals surface area (Å²) < 4.78 is 0. The van der Waals surface area contributed by atoms with Gasteiger partial charge in [-0.2, -0.15) is 0 Å². The lowest BCUT2D eigenvalue weighted by Gasteiger charge is -2.21. The molecule has 2 bridgehead atoms. The number of Topliss-reactive ketones (excluding diaryl/α,β-unsaturated/α-hetero) is 2. The van der Waals surface area contributed by atoms with Crippen LogP contribution >= 0.6 is 23.2 Å². The van der Waals surface area contributed by atoms with E-state index in [0.29, 0.717) is 22.1 Å². The van der Waals surface area contributed by atoms with Crippen molar-refractivity contribution in [1.29, 1.82) is 0 Å². The summed E-state index contributed by atoms with van der Waals surface area (Å²) in [6.07, 6.45) is 4.04. The summed E-state index contributed by atoms with van der Waals surface area (Å²) in [6.45, 7) is 2.06. The molecule has 0 saturated heterocycles. The molecule has 2 aromatic rings. The zero-order valence-electron chi connectivity index (χ0n) is 15.6. The van der Waals surface area contributed by atoms with Gasteiger partial charge in [0.05, 0.1) is 0 Å². The van der Waals surface area contributed by atoms with Gasteiger partial charge in [-0.05, 0) is 72.4 Å². The van der Waals surface area contributed by atoms with E-state index in [1.807, 2.05) is 24.3 Å². The van der Waals surface area contributed by atoms with Crippen LogP contribution in [0.5, 0.6) is 0 Å². The zero-order valence-corrected chi connectivity index (χ0v) is 17.1. The van der Waals surface area contributed by atoms with Crippen LogP contribution in [0, 0.1) is 23.7 Å². The zero-order chi connectivity index (χ0) is 19.6. The van der Waals surface area contributed by atoms with Crippen LogP contribution in [0.1, 0.15) is 43.2 Å². The molecule has 0 spiro atoms. The van der Waals surface area contributed by atoms with Gasteiger partial charge in [-0.25, -0.2) is 4.98 Å². The van der Waals surface area contributed by atoms with Crippen molar-refractivity contribution in [2.45, 2.75) is 38.5 Å². The van der Waals surface area contributed by atoms with E-state index in [1.165, 1.54) is 0 Å². The van der Waals surface area contributed by atoms with Crippen molar-refractivity contribution in [3.8, 4) is 11.1 Å². The number of hydrogen-bond acceptors (Lipinski definition) is 3. The number of hydrogen-bond donors (Lipinski definition) is 0. The Kier molecular flexibility index (Phi) is 4.37. The van der Waals surface area contributed by atoms with Gasteiger partial charge < -0.3 is 0 Å². The maximum absolute atomic E-state index is 13.3. The summed E-state index contributed by atoms with van der Waals surface area (Å²) in [5, 5.41) is 0.658. The molecule has 1 aromatic heterocycles. The molecule has 1 heterocycles. The first-order chi connectivity index (χ1) is 13.5. The van der Waals surface area contributed by atoms with E-state index in [0.717, 1.165) is 47.9 Å². The Morgan fingerprint density at radius 2 is 1.68 bits per heavy atom. The van der Waals surface area contributed by atoms with Crippen molar-refractivity contribution >= 4 is 34.8 Å². The summed E-state index contributed by atoms with van der Waals surface area (Å²) in [5.74, 6) is 0.408. The average molecular weight is 414 g/mol. The van der Waals surface area contributed by atoms with E-state index < -0.39 is 5.92 Å².